The van der Waals surface area contributed by atoms with E-state index in [1.807, 2.05) is 25.1 Å². The third-order valence-corrected chi connectivity index (χ3v) is 4.53. The molecule has 4 heteroatoms. The first-order valence-corrected chi connectivity index (χ1v) is 7.99. The van der Waals surface area contributed by atoms with Crippen LogP contribution in [0.3, 0.4) is 0 Å². The molecule has 1 atom stereocenters. The van der Waals surface area contributed by atoms with Crippen molar-refractivity contribution in [1.29, 1.82) is 0 Å². The molecule has 1 heterocycles. The molecule has 2 aromatic rings. The predicted molar refractivity (Wildman–Crippen MR) is 88.7 cm³/mol. The molecule has 0 aliphatic rings. The molecule has 0 bridgehead atoms. The quantitative estimate of drug-likeness (QED) is 0.857. The highest BCUT2D eigenvalue weighted by atomic mass is 35.5. The van der Waals surface area contributed by atoms with Gasteiger partial charge in [-0.2, -0.15) is 5.10 Å². The lowest BCUT2D eigenvalue weighted by molar-refractivity contribution is 0.424. The van der Waals surface area contributed by atoms with Gasteiger partial charge in [0, 0.05) is 23.7 Å². The van der Waals surface area contributed by atoms with E-state index >= 15 is 0 Å². The van der Waals surface area contributed by atoms with Crippen molar-refractivity contribution in [3.8, 4) is 0 Å². The fourth-order valence-electron chi connectivity index (χ4n) is 2.71. The van der Waals surface area contributed by atoms with Gasteiger partial charge in [-0.25, -0.2) is 0 Å². The van der Waals surface area contributed by atoms with Crippen molar-refractivity contribution >= 4 is 11.6 Å². The Morgan fingerprint density at radius 1 is 1.24 bits per heavy atom. The number of halogens is 1. The third-order valence-electron chi connectivity index (χ3n) is 4.12. The van der Waals surface area contributed by atoms with Gasteiger partial charge in [0.2, 0.25) is 0 Å². The highest BCUT2D eigenvalue weighted by Crippen LogP contribution is 2.25. The molecule has 0 aliphatic heterocycles. The highest BCUT2D eigenvalue weighted by molar-refractivity contribution is 6.31. The van der Waals surface area contributed by atoms with Crippen LogP contribution in [0, 0.1) is 6.92 Å². The van der Waals surface area contributed by atoms with E-state index < -0.39 is 0 Å². The van der Waals surface area contributed by atoms with Gasteiger partial charge in [-0.15, -0.1) is 0 Å². The number of aromatic nitrogens is 2. The Morgan fingerprint density at radius 3 is 2.62 bits per heavy atom. The van der Waals surface area contributed by atoms with E-state index in [1.54, 1.807) is 0 Å². The summed E-state index contributed by atoms with van der Waals surface area (Å²) in [6, 6.07) is 8.36. The molecule has 2 rings (SSSR count). The first kappa shape index (κ1) is 16.1. The van der Waals surface area contributed by atoms with Crippen LogP contribution in [0.1, 0.15) is 55.6 Å². The Kier molecular flexibility index (Phi) is 5.43. The number of nitrogens with zero attached hydrogens (tertiary/aromatic N) is 2. The van der Waals surface area contributed by atoms with E-state index in [9.17, 15) is 0 Å². The summed E-state index contributed by atoms with van der Waals surface area (Å²) >= 11 is 6.17. The van der Waals surface area contributed by atoms with E-state index in [2.05, 4.69) is 35.9 Å². The summed E-state index contributed by atoms with van der Waals surface area (Å²) in [5.41, 5.74) is 9.53. The maximum Gasteiger partial charge on any atom is 0.0643 e. The number of benzene rings is 1. The van der Waals surface area contributed by atoms with Gasteiger partial charge in [-0.3, -0.25) is 4.68 Å². The lowest BCUT2D eigenvalue weighted by atomic mass is 9.98. The van der Waals surface area contributed by atoms with E-state index in [0.29, 0.717) is 6.04 Å². The molecule has 0 radical (unpaired) electrons. The number of rotatable bonds is 6. The Balaban J connectivity index is 2.13. The smallest absolute Gasteiger partial charge is 0.0643 e. The van der Waals surface area contributed by atoms with Crippen LogP contribution < -0.4 is 5.73 Å². The van der Waals surface area contributed by atoms with Gasteiger partial charge in [0.15, 0.2) is 0 Å². The lowest BCUT2D eigenvalue weighted by Crippen LogP contribution is -2.16. The first-order valence-electron chi connectivity index (χ1n) is 7.61. The van der Waals surface area contributed by atoms with Crippen molar-refractivity contribution in [1.82, 2.24) is 9.78 Å². The molecule has 21 heavy (non-hydrogen) atoms. The van der Waals surface area contributed by atoms with Crippen LogP contribution in [0.5, 0.6) is 0 Å². The molecule has 1 aromatic heterocycles. The van der Waals surface area contributed by atoms with E-state index in [-0.39, 0.29) is 6.04 Å². The molecular formula is C17H24ClN3. The minimum absolute atomic E-state index is 0.0752. The Hall–Kier alpha value is -1.32. The molecule has 0 spiro atoms. The largest absolute Gasteiger partial charge is 0.324 e. The summed E-state index contributed by atoms with van der Waals surface area (Å²) in [5.74, 6) is 0. The first-order chi connectivity index (χ1) is 10.1. The van der Waals surface area contributed by atoms with Gasteiger partial charge >= 0.3 is 0 Å². The summed E-state index contributed by atoms with van der Waals surface area (Å²) in [5, 5.41) is 5.44. The van der Waals surface area contributed by atoms with Gasteiger partial charge in [-0.1, -0.05) is 37.6 Å². The monoisotopic (exact) mass is 305 g/mol. The fraction of sp³-hybridized carbons (Fsp3) is 0.471. The molecule has 2 N–H and O–H groups in total. The van der Waals surface area contributed by atoms with E-state index in [4.69, 9.17) is 17.3 Å². The molecule has 0 aliphatic carbocycles. The second kappa shape index (κ2) is 7.10. The van der Waals surface area contributed by atoms with Crippen LogP contribution in [0.2, 0.25) is 5.02 Å². The number of hydrogen-bond acceptors (Lipinski definition) is 2. The molecule has 3 nitrogen and oxygen atoms in total. The summed E-state index contributed by atoms with van der Waals surface area (Å²) in [4.78, 5) is 0. The molecule has 0 fully saturated rings. The predicted octanol–water partition coefficient (Wildman–Crippen LogP) is 4.45. The Labute approximate surface area is 132 Å². The summed E-state index contributed by atoms with van der Waals surface area (Å²) in [6.45, 7) is 6.40. The van der Waals surface area contributed by atoms with Gasteiger partial charge < -0.3 is 5.73 Å². The Bertz CT molecular complexity index is 587. The van der Waals surface area contributed by atoms with E-state index in [1.165, 1.54) is 0 Å². The third kappa shape index (κ3) is 3.66. The number of nitrogens with two attached hydrogens (primary N) is 1. The molecule has 0 amide bonds. The van der Waals surface area contributed by atoms with Crippen LogP contribution >= 0.6 is 11.6 Å². The zero-order chi connectivity index (χ0) is 15.4. The summed E-state index contributed by atoms with van der Waals surface area (Å²) in [7, 11) is 0. The van der Waals surface area contributed by atoms with Gasteiger partial charge in [0.1, 0.15) is 0 Å². The van der Waals surface area contributed by atoms with E-state index in [0.717, 1.165) is 41.1 Å². The summed E-state index contributed by atoms with van der Waals surface area (Å²) in [6.07, 6.45) is 4.98. The average molecular weight is 306 g/mol. The maximum absolute atomic E-state index is 6.34. The van der Waals surface area contributed by atoms with Crippen molar-refractivity contribution in [3.63, 3.8) is 0 Å². The second-order valence-corrected chi connectivity index (χ2v) is 5.93. The fourth-order valence-corrected chi connectivity index (χ4v) is 2.90. The Morgan fingerprint density at radius 2 is 1.95 bits per heavy atom. The standard InChI is InChI=1S/C17H24ClN3/c1-4-14(5-2)21-10-9-13(20-21)11-17(19)15-7-6-8-16(18)12(15)3/h6-10,14,17H,4-5,11,19H2,1-3H3. The molecule has 1 aromatic carbocycles. The normalized spacial score (nSPS) is 12.9. The highest BCUT2D eigenvalue weighted by Gasteiger charge is 2.14. The average Bonchev–Trinajstić information content (AvgIpc) is 2.91. The van der Waals surface area contributed by atoms with Gasteiger partial charge in [0.05, 0.1) is 11.7 Å². The van der Waals surface area contributed by atoms with Crippen molar-refractivity contribution < 1.29 is 0 Å². The SMILES string of the molecule is CCC(CC)n1ccc(CC(N)c2cccc(Cl)c2C)n1. The van der Waals surface area contributed by atoms with Crippen LogP contribution in [0.4, 0.5) is 0 Å². The maximum atomic E-state index is 6.34. The minimum Gasteiger partial charge on any atom is -0.324 e. The van der Waals surface area contributed by atoms with Crippen molar-refractivity contribution in [2.24, 2.45) is 5.73 Å². The van der Waals surface area contributed by atoms with Gasteiger partial charge in [0.25, 0.3) is 0 Å². The van der Waals surface area contributed by atoms with Gasteiger partial charge in [-0.05, 0) is 43.0 Å². The van der Waals surface area contributed by atoms with Crippen LogP contribution in [-0.2, 0) is 6.42 Å². The molecule has 114 valence electrons. The molecular weight excluding hydrogens is 282 g/mol. The molecule has 1 unspecified atom stereocenters. The zero-order valence-electron chi connectivity index (χ0n) is 13.0. The topological polar surface area (TPSA) is 43.8 Å². The van der Waals surface area contributed by atoms with Crippen molar-refractivity contribution in [2.45, 2.75) is 52.1 Å². The molecule has 0 saturated carbocycles. The number of hydrogen-bond donors (Lipinski definition) is 1. The van der Waals surface area contributed by atoms with Crippen molar-refractivity contribution in [2.75, 3.05) is 0 Å². The van der Waals surface area contributed by atoms with Crippen molar-refractivity contribution in [3.05, 3.63) is 52.3 Å². The molecule has 0 saturated heterocycles. The van der Waals surface area contributed by atoms with Crippen LogP contribution in [0.15, 0.2) is 30.5 Å². The minimum atomic E-state index is -0.0752. The summed E-state index contributed by atoms with van der Waals surface area (Å²) < 4.78 is 2.06. The zero-order valence-corrected chi connectivity index (χ0v) is 13.8. The van der Waals surface area contributed by atoms with Crippen LogP contribution in [-0.4, -0.2) is 9.78 Å². The second-order valence-electron chi connectivity index (χ2n) is 5.52. The van der Waals surface area contributed by atoms with Crippen LogP contribution in [0.25, 0.3) is 0 Å². The lowest BCUT2D eigenvalue weighted by Gasteiger charge is -2.15.